The second kappa shape index (κ2) is 6.16. The molecule has 0 unspecified atom stereocenters. The standard InChI is InChI=1S/C19H15N3O3/c20-19(23)25-15-5-6-16-17(10-15)22-18(21-16)14-3-1-12(2-4-14)9-13-7-8-24-11-13/h1-8,10-11H,9H2,(H2,20,23)(H,21,22). The summed E-state index contributed by atoms with van der Waals surface area (Å²) in [5.41, 5.74) is 9.90. The number of benzene rings is 2. The van der Waals surface area contributed by atoms with Crippen LogP contribution >= 0.6 is 0 Å². The minimum atomic E-state index is -0.840. The first-order valence-corrected chi connectivity index (χ1v) is 7.75. The molecule has 0 aliphatic heterocycles. The Bertz CT molecular complexity index is 1020. The van der Waals surface area contributed by atoms with Gasteiger partial charge in [-0.1, -0.05) is 24.3 Å². The van der Waals surface area contributed by atoms with Gasteiger partial charge in [-0.15, -0.1) is 0 Å². The molecular weight excluding hydrogens is 318 g/mol. The number of ether oxygens (including phenoxy) is 1. The van der Waals surface area contributed by atoms with Crippen molar-refractivity contribution in [2.45, 2.75) is 6.42 Å². The SMILES string of the molecule is NC(=O)Oc1ccc2nc(-c3ccc(Cc4ccoc4)cc3)[nH]c2c1. The summed E-state index contributed by atoms with van der Waals surface area (Å²) < 4.78 is 9.98. The van der Waals surface area contributed by atoms with Crippen molar-refractivity contribution in [3.63, 3.8) is 0 Å². The highest BCUT2D eigenvalue weighted by Gasteiger charge is 2.08. The fourth-order valence-corrected chi connectivity index (χ4v) is 2.71. The normalized spacial score (nSPS) is 10.9. The number of rotatable bonds is 4. The molecule has 2 aromatic carbocycles. The van der Waals surface area contributed by atoms with Gasteiger partial charge in [-0.25, -0.2) is 9.78 Å². The van der Waals surface area contributed by atoms with Gasteiger partial charge in [0.15, 0.2) is 0 Å². The summed E-state index contributed by atoms with van der Waals surface area (Å²) in [4.78, 5) is 18.6. The van der Waals surface area contributed by atoms with Gasteiger partial charge in [0.2, 0.25) is 0 Å². The van der Waals surface area contributed by atoms with Crippen molar-refractivity contribution in [2.24, 2.45) is 5.73 Å². The molecule has 25 heavy (non-hydrogen) atoms. The van der Waals surface area contributed by atoms with E-state index >= 15 is 0 Å². The molecule has 0 radical (unpaired) electrons. The summed E-state index contributed by atoms with van der Waals surface area (Å²) in [5.74, 6) is 1.13. The van der Waals surface area contributed by atoms with E-state index in [-0.39, 0.29) is 0 Å². The Balaban J connectivity index is 1.59. The topological polar surface area (TPSA) is 94.1 Å². The molecule has 3 N–H and O–H groups in total. The lowest BCUT2D eigenvalue weighted by Gasteiger charge is -2.01. The molecule has 0 atom stereocenters. The number of carbonyl (C=O) groups excluding carboxylic acids is 1. The molecule has 0 aliphatic carbocycles. The van der Waals surface area contributed by atoms with Crippen molar-refractivity contribution in [1.29, 1.82) is 0 Å². The minimum absolute atomic E-state index is 0.380. The van der Waals surface area contributed by atoms with Crippen molar-refractivity contribution < 1.29 is 13.9 Å². The van der Waals surface area contributed by atoms with E-state index in [0.29, 0.717) is 5.75 Å². The Morgan fingerprint density at radius 2 is 1.96 bits per heavy atom. The smallest absolute Gasteiger partial charge is 0.409 e. The number of aromatic nitrogens is 2. The van der Waals surface area contributed by atoms with Crippen molar-refractivity contribution in [3.8, 4) is 17.1 Å². The van der Waals surface area contributed by atoms with Crippen LogP contribution < -0.4 is 10.5 Å². The van der Waals surface area contributed by atoms with Crippen LogP contribution in [0.4, 0.5) is 4.79 Å². The van der Waals surface area contributed by atoms with E-state index in [9.17, 15) is 4.79 Å². The highest BCUT2D eigenvalue weighted by Crippen LogP contribution is 2.24. The number of H-pyrrole nitrogens is 1. The largest absolute Gasteiger partial charge is 0.472 e. The van der Waals surface area contributed by atoms with Gasteiger partial charge < -0.3 is 19.9 Å². The summed E-state index contributed by atoms with van der Waals surface area (Å²) in [7, 11) is 0. The number of amides is 1. The molecule has 2 aromatic heterocycles. The predicted octanol–water partition coefficient (Wildman–Crippen LogP) is 3.87. The maximum atomic E-state index is 10.8. The van der Waals surface area contributed by atoms with E-state index in [1.54, 1.807) is 30.7 Å². The lowest BCUT2D eigenvalue weighted by molar-refractivity contribution is 0.211. The van der Waals surface area contributed by atoms with Crippen molar-refractivity contribution in [3.05, 3.63) is 72.2 Å². The monoisotopic (exact) mass is 333 g/mol. The second-order valence-corrected chi connectivity index (χ2v) is 5.69. The number of carbonyl (C=O) groups is 1. The van der Waals surface area contributed by atoms with E-state index in [4.69, 9.17) is 14.9 Å². The molecule has 6 nitrogen and oxygen atoms in total. The Morgan fingerprint density at radius 3 is 2.68 bits per heavy atom. The third kappa shape index (κ3) is 3.23. The zero-order valence-corrected chi connectivity index (χ0v) is 13.2. The number of furan rings is 1. The third-order valence-corrected chi connectivity index (χ3v) is 3.89. The van der Waals surface area contributed by atoms with Crippen LogP contribution in [0, 0.1) is 0 Å². The lowest BCUT2D eigenvalue weighted by Crippen LogP contribution is -2.16. The number of hydrogen-bond acceptors (Lipinski definition) is 4. The van der Waals surface area contributed by atoms with Gasteiger partial charge in [0, 0.05) is 18.1 Å². The number of aromatic amines is 1. The average molecular weight is 333 g/mol. The predicted molar refractivity (Wildman–Crippen MR) is 93.3 cm³/mol. The quantitative estimate of drug-likeness (QED) is 0.593. The van der Waals surface area contributed by atoms with E-state index in [1.165, 1.54) is 5.56 Å². The molecule has 6 heteroatoms. The summed E-state index contributed by atoms with van der Waals surface area (Å²) >= 11 is 0. The van der Waals surface area contributed by atoms with E-state index < -0.39 is 6.09 Å². The van der Waals surface area contributed by atoms with E-state index in [1.807, 2.05) is 18.2 Å². The number of imidazole rings is 1. The first-order chi connectivity index (χ1) is 12.2. The van der Waals surface area contributed by atoms with Gasteiger partial charge in [0.1, 0.15) is 11.6 Å². The summed E-state index contributed by atoms with van der Waals surface area (Å²) in [6.45, 7) is 0. The molecular formula is C19H15N3O3. The number of hydrogen-bond donors (Lipinski definition) is 2. The zero-order valence-electron chi connectivity index (χ0n) is 13.2. The van der Waals surface area contributed by atoms with Gasteiger partial charge in [0.05, 0.1) is 23.6 Å². The van der Waals surface area contributed by atoms with E-state index in [0.717, 1.165) is 34.4 Å². The molecule has 4 aromatic rings. The molecule has 0 bridgehead atoms. The molecule has 0 fully saturated rings. The zero-order chi connectivity index (χ0) is 17.2. The van der Waals surface area contributed by atoms with Gasteiger partial charge >= 0.3 is 6.09 Å². The number of nitrogens with two attached hydrogens (primary N) is 1. The molecule has 0 aliphatic rings. The van der Waals surface area contributed by atoms with Crippen LogP contribution in [0.1, 0.15) is 11.1 Å². The van der Waals surface area contributed by atoms with Gasteiger partial charge in [-0.3, -0.25) is 0 Å². The molecule has 2 heterocycles. The van der Waals surface area contributed by atoms with Crippen LogP contribution in [0.2, 0.25) is 0 Å². The Kier molecular flexibility index (Phi) is 3.70. The highest BCUT2D eigenvalue weighted by molar-refractivity contribution is 5.81. The number of primary amides is 1. The summed E-state index contributed by atoms with van der Waals surface area (Å²) in [5, 5.41) is 0. The Morgan fingerprint density at radius 1 is 1.12 bits per heavy atom. The Labute approximate surface area is 143 Å². The molecule has 1 amide bonds. The first kappa shape index (κ1) is 15.0. The fraction of sp³-hybridized carbons (Fsp3) is 0.0526. The average Bonchev–Trinajstić information content (AvgIpc) is 3.24. The van der Waals surface area contributed by atoms with Gasteiger partial charge in [-0.05, 0) is 29.3 Å². The van der Waals surface area contributed by atoms with Crippen LogP contribution in [-0.2, 0) is 6.42 Å². The molecule has 0 saturated carbocycles. The number of fused-ring (bicyclic) bond motifs is 1. The van der Waals surface area contributed by atoms with Crippen LogP contribution in [0.5, 0.6) is 5.75 Å². The third-order valence-electron chi connectivity index (χ3n) is 3.89. The van der Waals surface area contributed by atoms with Crippen LogP contribution in [0.15, 0.2) is 65.5 Å². The van der Waals surface area contributed by atoms with Crippen LogP contribution in [0.25, 0.3) is 22.4 Å². The maximum Gasteiger partial charge on any atom is 0.409 e. The van der Waals surface area contributed by atoms with E-state index in [2.05, 4.69) is 22.1 Å². The van der Waals surface area contributed by atoms with Gasteiger partial charge in [-0.2, -0.15) is 0 Å². The highest BCUT2D eigenvalue weighted by atomic mass is 16.5. The second-order valence-electron chi connectivity index (χ2n) is 5.69. The van der Waals surface area contributed by atoms with Crippen molar-refractivity contribution in [1.82, 2.24) is 9.97 Å². The Hall–Kier alpha value is -3.54. The molecule has 4 rings (SSSR count). The van der Waals surface area contributed by atoms with Gasteiger partial charge in [0.25, 0.3) is 0 Å². The maximum absolute atomic E-state index is 10.8. The first-order valence-electron chi connectivity index (χ1n) is 7.75. The lowest BCUT2D eigenvalue weighted by atomic mass is 10.1. The molecule has 0 saturated heterocycles. The van der Waals surface area contributed by atoms with Crippen LogP contribution in [0.3, 0.4) is 0 Å². The number of nitrogens with one attached hydrogen (secondary N) is 1. The van der Waals surface area contributed by atoms with Crippen molar-refractivity contribution in [2.75, 3.05) is 0 Å². The minimum Gasteiger partial charge on any atom is -0.472 e. The summed E-state index contributed by atoms with van der Waals surface area (Å²) in [6, 6.07) is 15.3. The van der Waals surface area contributed by atoms with Crippen LogP contribution in [-0.4, -0.2) is 16.1 Å². The van der Waals surface area contributed by atoms with Crippen molar-refractivity contribution >= 4 is 17.1 Å². The molecule has 0 spiro atoms. The fourth-order valence-electron chi connectivity index (χ4n) is 2.71. The molecule has 124 valence electrons. The number of nitrogens with zero attached hydrogens (tertiary/aromatic N) is 1. The summed E-state index contributed by atoms with van der Waals surface area (Å²) in [6.07, 6.45) is 3.41.